The zero-order valence-electron chi connectivity index (χ0n) is 19.0. The fraction of sp³-hybridized carbons (Fsp3) is 0.500. The van der Waals surface area contributed by atoms with Gasteiger partial charge in [0.25, 0.3) is 0 Å². The van der Waals surface area contributed by atoms with E-state index in [1.165, 1.54) is 0 Å². The Morgan fingerprint density at radius 3 is 2.59 bits per heavy atom. The van der Waals surface area contributed by atoms with Gasteiger partial charge in [-0.2, -0.15) is 5.10 Å². The molecule has 1 fully saturated rings. The van der Waals surface area contributed by atoms with Crippen LogP contribution in [0.5, 0.6) is 0 Å². The molecule has 7 nitrogen and oxygen atoms in total. The number of hydrogen-bond donors (Lipinski definition) is 0. The molecule has 1 saturated heterocycles. The van der Waals surface area contributed by atoms with Crippen LogP contribution in [0.4, 0.5) is 5.82 Å². The third-order valence-corrected chi connectivity index (χ3v) is 6.22. The molecular weight excluding hydrogens is 424 g/mol. The van der Waals surface area contributed by atoms with Crippen molar-refractivity contribution in [2.24, 2.45) is 0 Å². The summed E-state index contributed by atoms with van der Waals surface area (Å²) in [4.78, 5) is 26.5. The highest BCUT2D eigenvalue weighted by Crippen LogP contribution is 2.29. The minimum Gasteiger partial charge on any atom is -0.354 e. The van der Waals surface area contributed by atoms with Gasteiger partial charge in [-0.15, -0.1) is 11.6 Å². The van der Waals surface area contributed by atoms with Gasteiger partial charge in [0.2, 0.25) is 5.91 Å². The quantitative estimate of drug-likeness (QED) is 0.517. The van der Waals surface area contributed by atoms with E-state index in [1.54, 1.807) is 6.92 Å². The molecule has 170 valence electrons. The Morgan fingerprint density at radius 1 is 1.09 bits per heavy atom. The van der Waals surface area contributed by atoms with Crippen molar-refractivity contribution in [3.05, 3.63) is 42.4 Å². The second-order valence-corrected chi connectivity index (χ2v) is 9.16. The molecular formula is C24H31ClN6O. The normalized spacial score (nSPS) is 16.8. The van der Waals surface area contributed by atoms with Gasteiger partial charge < -0.3 is 9.80 Å². The summed E-state index contributed by atoms with van der Waals surface area (Å²) in [7, 11) is 0. The molecule has 1 amide bonds. The second kappa shape index (κ2) is 9.86. The van der Waals surface area contributed by atoms with Gasteiger partial charge in [-0.25, -0.2) is 14.6 Å². The van der Waals surface area contributed by atoms with Crippen molar-refractivity contribution in [2.75, 3.05) is 31.1 Å². The molecule has 0 bridgehead atoms. The molecule has 0 spiro atoms. The molecule has 1 aliphatic rings. The number of halogens is 1. The topological polar surface area (TPSA) is 67.2 Å². The van der Waals surface area contributed by atoms with E-state index in [1.807, 2.05) is 46.1 Å². The summed E-state index contributed by atoms with van der Waals surface area (Å²) in [5, 5.41) is 5.10. The molecule has 0 aliphatic carbocycles. The number of alkyl halides is 1. The predicted molar refractivity (Wildman–Crippen MR) is 129 cm³/mol. The first-order chi connectivity index (χ1) is 15.5. The maximum atomic E-state index is 12.4. The Hall–Kier alpha value is -2.67. The van der Waals surface area contributed by atoms with Gasteiger partial charge in [-0.05, 0) is 31.9 Å². The summed E-state index contributed by atoms with van der Waals surface area (Å²) in [6, 6.07) is 10.1. The minimum atomic E-state index is -0.502. The number of nitrogens with zero attached hydrogens (tertiary/aromatic N) is 6. The van der Waals surface area contributed by atoms with E-state index in [0.29, 0.717) is 19.6 Å². The number of carbonyl (C=O) groups is 1. The van der Waals surface area contributed by atoms with Gasteiger partial charge >= 0.3 is 0 Å². The van der Waals surface area contributed by atoms with E-state index in [9.17, 15) is 4.79 Å². The van der Waals surface area contributed by atoms with Crippen molar-refractivity contribution in [2.45, 2.75) is 51.3 Å². The van der Waals surface area contributed by atoms with Crippen molar-refractivity contribution < 1.29 is 4.79 Å². The fourth-order valence-corrected chi connectivity index (χ4v) is 4.43. The van der Waals surface area contributed by atoms with E-state index in [2.05, 4.69) is 23.8 Å². The third-order valence-electron chi connectivity index (χ3n) is 6.04. The highest BCUT2D eigenvalue weighted by atomic mass is 35.5. The number of hydrogen-bond acceptors (Lipinski definition) is 5. The van der Waals surface area contributed by atoms with E-state index < -0.39 is 5.38 Å². The highest BCUT2D eigenvalue weighted by molar-refractivity contribution is 6.30. The van der Waals surface area contributed by atoms with Crippen LogP contribution in [0.1, 0.15) is 51.8 Å². The number of carbonyl (C=O) groups excluding carboxylic acids is 1. The van der Waals surface area contributed by atoms with Crippen LogP contribution < -0.4 is 4.90 Å². The van der Waals surface area contributed by atoms with E-state index in [4.69, 9.17) is 21.6 Å². The van der Waals surface area contributed by atoms with Crippen LogP contribution in [-0.4, -0.2) is 62.1 Å². The standard InChI is InChI=1S/C24H31ClN6O/c1-4-9-17(2)21-27-22(29-12-8-13-30(15-14-29)24(32)18(3)25)20-16-26-31(23(20)28-21)19-10-6-5-7-11-19/h5-7,10-11,16-18H,4,8-9,12-15H2,1-3H3/t17-,18-/m0/s1. The van der Waals surface area contributed by atoms with Crippen molar-refractivity contribution in [3.8, 4) is 5.69 Å². The Bertz CT molecular complexity index is 1070. The van der Waals surface area contributed by atoms with Gasteiger partial charge in [0.1, 0.15) is 17.0 Å². The summed E-state index contributed by atoms with van der Waals surface area (Å²) in [6.45, 7) is 8.98. The Balaban J connectivity index is 1.74. The number of amides is 1. The lowest BCUT2D eigenvalue weighted by Crippen LogP contribution is -2.38. The van der Waals surface area contributed by atoms with Crippen LogP contribution in [0, 0.1) is 0 Å². The molecule has 8 heteroatoms. The van der Waals surface area contributed by atoms with Crippen LogP contribution >= 0.6 is 11.6 Å². The molecule has 0 unspecified atom stereocenters. The first-order valence-electron chi connectivity index (χ1n) is 11.5. The van der Waals surface area contributed by atoms with Gasteiger partial charge in [0.15, 0.2) is 5.65 Å². The minimum absolute atomic E-state index is 0.00416. The zero-order chi connectivity index (χ0) is 22.7. The van der Waals surface area contributed by atoms with E-state index in [-0.39, 0.29) is 11.8 Å². The van der Waals surface area contributed by atoms with E-state index >= 15 is 0 Å². The van der Waals surface area contributed by atoms with Crippen LogP contribution in [0.15, 0.2) is 36.5 Å². The van der Waals surface area contributed by atoms with Crippen molar-refractivity contribution in [1.29, 1.82) is 0 Å². The summed E-state index contributed by atoms with van der Waals surface area (Å²) >= 11 is 6.06. The van der Waals surface area contributed by atoms with Crippen molar-refractivity contribution >= 4 is 34.4 Å². The Kier molecular flexibility index (Phi) is 6.94. The molecule has 0 saturated carbocycles. The lowest BCUT2D eigenvalue weighted by molar-refractivity contribution is -0.130. The van der Waals surface area contributed by atoms with Gasteiger partial charge in [-0.3, -0.25) is 4.79 Å². The highest BCUT2D eigenvalue weighted by Gasteiger charge is 2.25. The molecule has 4 rings (SSSR count). The molecule has 0 N–H and O–H groups in total. The van der Waals surface area contributed by atoms with Gasteiger partial charge in [-0.1, -0.05) is 38.5 Å². The van der Waals surface area contributed by atoms with Crippen LogP contribution in [-0.2, 0) is 4.79 Å². The molecule has 1 aliphatic heterocycles. The van der Waals surface area contributed by atoms with Gasteiger partial charge in [0, 0.05) is 32.1 Å². The number of benzene rings is 1. The Morgan fingerprint density at radius 2 is 1.88 bits per heavy atom. The monoisotopic (exact) mass is 454 g/mol. The van der Waals surface area contributed by atoms with Crippen LogP contribution in [0.3, 0.4) is 0 Å². The average molecular weight is 455 g/mol. The molecule has 1 aromatic carbocycles. The van der Waals surface area contributed by atoms with Gasteiger partial charge in [0.05, 0.1) is 17.3 Å². The molecule has 32 heavy (non-hydrogen) atoms. The molecule has 3 aromatic rings. The first kappa shape index (κ1) is 22.5. The summed E-state index contributed by atoms with van der Waals surface area (Å²) in [5.41, 5.74) is 1.80. The summed E-state index contributed by atoms with van der Waals surface area (Å²) in [5.74, 6) is 2.00. The predicted octanol–water partition coefficient (Wildman–Crippen LogP) is 4.39. The Labute approximate surface area is 194 Å². The van der Waals surface area contributed by atoms with Crippen molar-refractivity contribution in [1.82, 2.24) is 24.6 Å². The van der Waals surface area contributed by atoms with Crippen molar-refractivity contribution in [3.63, 3.8) is 0 Å². The largest absolute Gasteiger partial charge is 0.354 e. The molecule has 0 radical (unpaired) electrons. The smallest absolute Gasteiger partial charge is 0.240 e. The summed E-state index contributed by atoms with van der Waals surface area (Å²) < 4.78 is 1.89. The summed E-state index contributed by atoms with van der Waals surface area (Å²) in [6.07, 6.45) is 4.83. The number of aromatic nitrogens is 4. The third kappa shape index (κ3) is 4.58. The number of para-hydroxylation sites is 1. The average Bonchev–Trinajstić information content (AvgIpc) is 3.08. The van der Waals surface area contributed by atoms with Crippen LogP contribution in [0.25, 0.3) is 16.7 Å². The lowest BCUT2D eigenvalue weighted by atomic mass is 10.1. The SMILES string of the molecule is CCC[C@H](C)c1nc(N2CCCN(C(=O)[C@H](C)Cl)CC2)c2cnn(-c3ccccc3)c2n1. The molecule has 3 heterocycles. The second-order valence-electron chi connectivity index (χ2n) is 8.51. The first-order valence-corrected chi connectivity index (χ1v) is 11.9. The molecule has 2 atom stereocenters. The number of fused-ring (bicyclic) bond motifs is 1. The van der Waals surface area contributed by atoms with E-state index in [0.717, 1.165) is 54.2 Å². The molecule has 2 aromatic heterocycles. The number of anilines is 1. The number of rotatable bonds is 6. The van der Waals surface area contributed by atoms with Crippen LogP contribution in [0.2, 0.25) is 0 Å². The maximum absolute atomic E-state index is 12.4. The lowest BCUT2D eigenvalue weighted by Gasteiger charge is -2.24. The zero-order valence-corrected chi connectivity index (χ0v) is 19.8. The maximum Gasteiger partial charge on any atom is 0.240 e. The fourth-order valence-electron chi connectivity index (χ4n) is 4.29.